The predicted molar refractivity (Wildman–Crippen MR) is 115 cm³/mol. The third kappa shape index (κ3) is 4.68. The van der Waals surface area contributed by atoms with Crippen LogP contribution in [0.5, 0.6) is 0 Å². The SMILES string of the molecule is c1ccc(SC[C@@H]2CCCC3CCC[C@@H](CSc4ccccc4)N32)cc1. The summed E-state index contributed by atoms with van der Waals surface area (Å²) in [6.07, 6.45) is 8.42. The van der Waals surface area contributed by atoms with E-state index in [1.54, 1.807) is 0 Å². The van der Waals surface area contributed by atoms with Crippen LogP contribution in [0, 0.1) is 0 Å². The van der Waals surface area contributed by atoms with Crippen molar-refractivity contribution in [2.45, 2.75) is 66.4 Å². The maximum Gasteiger partial charge on any atom is 0.0196 e. The lowest BCUT2D eigenvalue weighted by Gasteiger charge is -2.50. The van der Waals surface area contributed by atoms with Crippen molar-refractivity contribution in [2.24, 2.45) is 0 Å². The van der Waals surface area contributed by atoms with Crippen LogP contribution in [0.25, 0.3) is 0 Å². The smallest absolute Gasteiger partial charge is 0.0196 e. The molecule has 0 unspecified atom stereocenters. The van der Waals surface area contributed by atoms with Crippen LogP contribution in [0.2, 0.25) is 0 Å². The molecule has 0 N–H and O–H groups in total. The molecule has 0 saturated carbocycles. The number of fused-ring (bicyclic) bond motifs is 1. The molecule has 2 aromatic carbocycles. The minimum Gasteiger partial charge on any atom is -0.293 e. The van der Waals surface area contributed by atoms with Crippen LogP contribution in [0.1, 0.15) is 38.5 Å². The van der Waals surface area contributed by atoms with E-state index in [0.717, 1.165) is 18.1 Å². The van der Waals surface area contributed by atoms with E-state index in [2.05, 4.69) is 89.1 Å². The summed E-state index contributed by atoms with van der Waals surface area (Å²) in [6, 6.07) is 24.2. The Labute approximate surface area is 166 Å². The maximum absolute atomic E-state index is 2.94. The molecule has 2 saturated heterocycles. The molecule has 0 spiro atoms. The van der Waals surface area contributed by atoms with E-state index >= 15 is 0 Å². The molecular formula is C23H29NS2. The third-order valence-electron chi connectivity index (χ3n) is 5.79. The number of benzene rings is 2. The second-order valence-corrected chi connectivity index (χ2v) is 9.71. The summed E-state index contributed by atoms with van der Waals surface area (Å²) in [5, 5.41) is 0. The summed E-state index contributed by atoms with van der Waals surface area (Å²) in [4.78, 5) is 5.78. The molecule has 3 heteroatoms. The van der Waals surface area contributed by atoms with Crippen molar-refractivity contribution in [1.29, 1.82) is 0 Å². The van der Waals surface area contributed by atoms with Gasteiger partial charge in [0, 0.05) is 39.4 Å². The molecule has 0 aromatic heterocycles. The first-order valence-corrected chi connectivity index (χ1v) is 12.0. The summed E-state index contributed by atoms with van der Waals surface area (Å²) in [5.74, 6) is 2.49. The lowest BCUT2D eigenvalue weighted by Crippen LogP contribution is -2.56. The first-order chi connectivity index (χ1) is 12.9. The van der Waals surface area contributed by atoms with Gasteiger partial charge in [0.15, 0.2) is 0 Å². The first-order valence-electron chi connectivity index (χ1n) is 10.0. The van der Waals surface area contributed by atoms with E-state index in [-0.39, 0.29) is 0 Å². The fourth-order valence-electron chi connectivity index (χ4n) is 4.57. The number of thioether (sulfide) groups is 2. The van der Waals surface area contributed by atoms with Gasteiger partial charge in [-0.1, -0.05) is 49.2 Å². The standard InChI is InChI=1S/C23H29NS2/c1-3-13-22(14-4-1)25-17-20-11-7-9-19-10-8-12-21(24(19)20)18-26-23-15-5-2-6-16-23/h1-6,13-16,19-21H,7-12,17-18H2/t20-,21-/m0/s1. The Hall–Kier alpha value is -0.900. The highest BCUT2D eigenvalue weighted by Gasteiger charge is 2.37. The lowest BCUT2D eigenvalue weighted by atomic mass is 9.86. The van der Waals surface area contributed by atoms with Crippen molar-refractivity contribution < 1.29 is 0 Å². The van der Waals surface area contributed by atoms with Gasteiger partial charge in [-0.05, 0) is 49.9 Å². The molecule has 2 heterocycles. The van der Waals surface area contributed by atoms with E-state index in [4.69, 9.17) is 0 Å². The van der Waals surface area contributed by atoms with Crippen LogP contribution < -0.4 is 0 Å². The number of hydrogen-bond acceptors (Lipinski definition) is 3. The Morgan fingerprint density at radius 1 is 0.654 bits per heavy atom. The quantitative estimate of drug-likeness (QED) is 0.535. The highest BCUT2D eigenvalue weighted by molar-refractivity contribution is 7.99. The zero-order chi connectivity index (χ0) is 17.6. The van der Waals surface area contributed by atoms with Crippen molar-refractivity contribution in [3.05, 3.63) is 60.7 Å². The Morgan fingerprint density at radius 3 is 1.58 bits per heavy atom. The third-order valence-corrected chi connectivity index (χ3v) is 8.10. The number of hydrogen-bond donors (Lipinski definition) is 0. The second-order valence-electron chi connectivity index (χ2n) is 7.52. The Bertz CT molecular complexity index is 603. The van der Waals surface area contributed by atoms with Gasteiger partial charge in [0.25, 0.3) is 0 Å². The average Bonchev–Trinajstić information content (AvgIpc) is 2.72. The average molecular weight is 384 g/mol. The molecule has 0 amide bonds. The summed E-state index contributed by atoms with van der Waals surface area (Å²) >= 11 is 4.10. The maximum atomic E-state index is 2.94. The van der Waals surface area contributed by atoms with Crippen LogP contribution in [-0.2, 0) is 0 Å². The number of piperidine rings is 2. The molecule has 0 bridgehead atoms. The summed E-state index contributed by atoms with van der Waals surface area (Å²) in [5.41, 5.74) is 0. The van der Waals surface area contributed by atoms with Gasteiger partial charge in [-0.3, -0.25) is 4.90 Å². The minimum atomic E-state index is 0.751. The van der Waals surface area contributed by atoms with Crippen molar-refractivity contribution in [2.75, 3.05) is 11.5 Å². The van der Waals surface area contributed by atoms with Gasteiger partial charge in [0.1, 0.15) is 0 Å². The molecule has 0 aliphatic carbocycles. The van der Waals surface area contributed by atoms with E-state index < -0.39 is 0 Å². The van der Waals surface area contributed by atoms with Gasteiger partial charge >= 0.3 is 0 Å². The topological polar surface area (TPSA) is 3.24 Å². The van der Waals surface area contributed by atoms with Gasteiger partial charge in [0.2, 0.25) is 0 Å². The molecule has 4 rings (SSSR count). The first kappa shape index (κ1) is 18.5. The van der Waals surface area contributed by atoms with Gasteiger partial charge in [0.05, 0.1) is 0 Å². The van der Waals surface area contributed by atoms with Crippen LogP contribution in [0.3, 0.4) is 0 Å². The molecule has 2 aliphatic rings. The van der Waals surface area contributed by atoms with Gasteiger partial charge in [-0.25, -0.2) is 0 Å². The summed E-state index contributed by atoms with van der Waals surface area (Å²) < 4.78 is 0. The normalized spacial score (nSPS) is 24.3. The fourth-order valence-corrected chi connectivity index (χ4v) is 6.72. The highest BCUT2D eigenvalue weighted by Crippen LogP contribution is 2.37. The largest absolute Gasteiger partial charge is 0.293 e. The summed E-state index contributed by atoms with van der Waals surface area (Å²) in [6.45, 7) is 0. The van der Waals surface area contributed by atoms with E-state index in [1.807, 2.05) is 0 Å². The zero-order valence-electron chi connectivity index (χ0n) is 15.4. The van der Waals surface area contributed by atoms with E-state index in [1.165, 1.54) is 59.8 Å². The summed E-state index contributed by atoms with van der Waals surface area (Å²) in [7, 11) is 0. The second kappa shape index (κ2) is 9.34. The minimum absolute atomic E-state index is 0.751. The molecule has 0 radical (unpaired) electrons. The Kier molecular flexibility index (Phi) is 6.63. The van der Waals surface area contributed by atoms with Crippen molar-refractivity contribution in [1.82, 2.24) is 4.90 Å². The van der Waals surface area contributed by atoms with Crippen molar-refractivity contribution >= 4 is 23.5 Å². The molecular weight excluding hydrogens is 354 g/mol. The predicted octanol–water partition coefficient (Wildman–Crippen LogP) is 6.35. The Balaban J connectivity index is 1.40. The van der Waals surface area contributed by atoms with Crippen LogP contribution >= 0.6 is 23.5 Å². The van der Waals surface area contributed by atoms with E-state index in [0.29, 0.717) is 0 Å². The highest BCUT2D eigenvalue weighted by atomic mass is 32.2. The van der Waals surface area contributed by atoms with Crippen molar-refractivity contribution in [3.63, 3.8) is 0 Å². The van der Waals surface area contributed by atoms with E-state index in [9.17, 15) is 0 Å². The van der Waals surface area contributed by atoms with Gasteiger partial charge < -0.3 is 0 Å². The molecule has 2 atom stereocenters. The van der Waals surface area contributed by atoms with Crippen LogP contribution in [0.4, 0.5) is 0 Å². The monoisotopic (exact) mass is 383 g/mol. The molecule has 26 heavy (non-hydrogen) atoms. The molecule has 2 aromatic rings. The van der Waals surface area contributed by atoms with Crippen LogP contribution in [-0.4, -0.2) is 34.5 Å². The number of nitrogens with zero attached hydrogens (tertiary/aromatic N) is 1. The molecule has 2 aliphatic heterocycles. The molecule has 1 nitrogen and oxygen atoms in total. The fraction of sp³-hybridized carbons (Fsp3) is 0.478. The zero-order valence-corrected chi connectivity index (χ0v) is 17.1. The Morgan fingerprint density at radius 2 is 1.12 bits per heavy atom. The number of rotatable bonds is 6. The van der Waals surface area contributed by atoms with Crippen molar-refractivity contribution in [3.8, 4) is 0 Å². The van der Waals surface area contributed by atoms with Gasteiger partial charge in [-0.15, -0.1) is 23.5 Å². The van der Waals surface area contributed by atoms with Gasteiger partial charge in [-0.2, -0.15) is 0 Å². The van der Waals surface area contributed by atoms with Crippen LogP contribution in [0.15, 0.2) is 70.5 Å². The lowest BCUT2D eigenvalue weighted by molar-refractivity contribution is 0.0231. The molecule has 2 fully saturated rings. The molecule has 138 valence electrons.